The Hall–Kier alpha value is -3.78. The van der Waals surface area contributed by atoms with Crippen molar-refractivity contribution in [3.8, 4) is 0 Å². The maximum atomic E-state index is 2.47. The first-order chi connectivity index (χ1) is 21.8. The molecule has 47 heavy (non-hydrogen) atoms. The second-order valence-electron chi connectivity index (χ2n) is 16.2. The summed E-state index contributed by atoms with van der Waals surface area (Å²) in [5.74, 6) is 0. The van der Waals surface area contributed by atoms with Gasteiger partial charge in [0.25, 0.3) is 0 Å². The van der Waals surface area contributed by atoms with Gasteiger partial charge in [-0.3, -0.25) is 0 Å². The quantitative estimate of drug-likeness (QED) is 0.218. The van der Waals surface area contributed by atoms with E-state index in [1.165, 1.54) is 61.7 Å². The van der Waals surface area contributed by atoms with E-state index >= 15 is 0 Å². The number of anilines is 4. The second-order valence-corrected chi connectivity index (χ2v) is 16.2. The summed E-state index contributed by atoms with van der Waals surface area (Å²) in [6.07, 6.45) is 12.5. The molecule has 0 N–H and O–H groups in total. The number of rotatable bonds is 9. The number of nitrogens with zero attached hydrogens (tertiary/aromatic N) is 2. The fourth-order valence-corrected chi connectivity index (χ4v) is 6.55. The molecule has 0 saturated carbocycles. The lowest BCUT2D eigenvalue weighted by Crippen LogP contribution is -2.26. The van der Waals surface area contributed by atoms with Crippen LogP contribution in [0, 0.1) is 33.1 Å². The van der Waals surface area contributed by atoms with E-state index in [1.54, 1.807) is 0 Å². The zero-order chi connectivity index (χ0) is 35.1. The van der Waals surface area contributed by atoms with E-state index in [9.17, 15) is 0 Å². The van der Waals surface area contributed by atoms with E-state index in [4.69, 9.17) is 0 Å². The van der Waals surface area contributed by atoms with Gasteiger partial charge in [0.05, 0.1) is 11.4 Å². The minimum Gasteiger partial charge on any atom is -0.310 e. The van der Waals surface area contributed by atoms with Crippen molar-refractivity contribution < 1.29 is 0 Å². The van der Waals surface area contributed by atoms with Gasteiger partial charge in [0.1, 0.15) is 0 Å². The van der Waals surface area contributed by atoms with E-state index in [-0.39, 0.29) is 16.2 Å². The van der Waals surface area contributed by atoms with E-state index in [0.29, 0.717) is 0 Å². The average Bonchev–Trinajstić information content (AvgIpc) is 2.95. The van der Waals surface area contributed by atoms with Gasteiger partial charge in [0.2, 0.25) is 0 Å². The Morgan fingerprint density at radius 2 is 1.06 bits per heavy atom. The highest BCUT2D eigenvalue weighted by atomic mass is 15.2. The number of hydrogen-bond acceptors (Lipinski definition) is 2. The summed E-state index contributed by atoms with van der Waals surface area (Å²) in [5.41, 5.74) is 16.9. The monoisotopic (exact) mass is 628 g/mol. The van der Waals surface area contributed by atoms with Crippen molar-refractivity contribution in [1.29, 1.82) is 0 Å². The maximum absolute atomic E-state index is 2.47. The summed E-state index contributed by atoms with van der Waals surface area (Å²) in [5, 5.41) is 0. The molecule has 250 valence electrons. The van der Waals surface area contributed by atoms with Crippen molar-refractivity contribution in [2.24, 2.45) is 5.41 Å². The predicted octanol–water partition coefficient (Wildman–Crippen LogP) is 13.5. The Labute approximate surface area is 287 Å². The largest absolute Gasteiger partial charge is 0.310 e. The van der Waals surface area contributed by atoms with Gasteiger partial charge < -0.3 is 9.80 Å². The molecule has 0 amide bonds. The molecule has 3 aromatic carbocycles. The molecular formula is C45H60N2. The van der Waals surface area contributed by atoms with Gasteiger partial charge in [-0.15, -0.1) is 0 Å². The molecule has 0 aromatic heterocycles. The van der Waals surface area contributed by atoms with Crippen LogP contribution in [0.15, 0.2) is 95.9 Å². The summed E-state index contributed by atoms with van der Waals surface area (Å²) in [7, 11) is 0. The number of aryl methyl sites for hydroxylation is 4. The molecule has 2 heteroatoms. The molecule has 0 unspecified atom stereocenters. The zero-order valence-electron chi connectivity index (χ0n) is 32.1. The van der Waals surface area contributed by atoms with Gasteiger partial charge in [-0.05, 0) is 146 Å². The van der Waals surface area contributed by atoms with Crippen molar-refractivity contribution in [1.82, 2.24) is 0 Å². The van der Waals surface area contributed by atoms with Crippen LogP contribution in [0.1, 0.15) is 116 Å². The predicted molar refractivity (Wildman–Crippen MR) is 209 cm³/mol. The second kappa shape index (κ2) is 13.4. The minimum atomic E-state index is 0.0922. The average molecular weight is 629 g/mol. The lowest BCUT2D eigenvalue weighted by molar-refractivity contribution is 0.435. The number of benzene rings is 3. The maximum Gasteiger partial charge on any atom is 0.0520 e. The molecule has 3 aromatic rings. The van der Waals surface area contributed by atoms with Crippen molar-refractivity contribution in [2.75, 3.05) is 9.80 Å². The van der Waals surface area contributed by atoms with Gasteiger partial charge in [0.15, 0.2) is 0 Å². The molecule has 0 spiro atoms. The summed E-state index contributed by atoms with van der Waals surface area (Å²) in [6.45, 7) is 34.0. The Kier molecular flexibility index (Phi) is 10.3. The first-order valence-corrected chi connectivity index (χ1v) is 17.5. The van der Waals surface area contributed by atoms with Crippen molar-refractivity contribution in [3.05, 3.63) is 129 Å². The smallest absolute Gasteiger partial charge is 0.0520 e. The van der Waals surface area contributed by atoms with Crippen LogP contribution in [-0.4, -0.2) is 0 Å². The summed E-state index contributed by atoms with van der Waals surface area (Å²) >= 11 is 0. The summed E-state index contributed by atoms with van der Waals surface area (Å²) < 4.78 is 0. The van der Waals surface area contributed by atoms with Crippen molar-refractivity contribution in [3.63, 3.8) is 0 Å². The lowest BCUT2D eigenvalue weighted by Gasteiger charge is -2.38. The highest BCUT2D eigenvalue weighted by Gasteiger charge is 2.30. The SMILES string of the molecule is C/C=C/C(=C\C)N(c1ccc(N(C2=CC(C(C)(C)CC)=C2)c2c(C)cc(C(C)(C)C)cc2C)cc1)c1c(C)cc(C(C)(C)C)cc1C. The minimum absolute atomic E-state index is 0.0922. The highest BCUT2D eigenvalue weighted by molar-refractivity contribution is 5.81. The molecule has 0 saturated heterocycles. The topological polar surface area (TPSA) is 6.48 Å². The van der Waals surface area contributed by atoms with Crippen LogP contribution < -0.4 is 9.80 Å². The fraction of sp³-hybridized carbons (Fsp3) is 0.422. The van der Waals surface area contributed by atoms with Gasteiger partial charge in [-0.2, -0.15) is 0 Å². The Balaban J connectivity index is 1.88. The number of allylic oxidation sites excluding steroid dienone is 6. The molecule has 0 atom stereocenters. The van der Waals surface area contributed by atoms with E-state index in [1.807, 2.05) is 0 Å². The third-order valence-corrected chi connectivity index (χ3v) is 9.95. The van der Waals surface area contributed by atoms with E-state index in [2.05, 4.69) is 193 Å². The first kappa shape index (κ1) is 36.1. The van der Waals surface area contributed by atoms with Crippen molar-refractivity contribution in [2.45, 2.75) is 121 Å². The fourth-order valence-electron chi connectivity index (χ4n) is 6.55. The van der Waals surface area contributed by atoms with Crippen LogP contribution in [0.4, 0.5) is 22.7 Å². The van der Waals surface area contributed by atoms with Crippen LogP contribution >= 0.6 is 0 Å². The standard InChI is InChI=1S/C45H60N2/c1-16-19-37(17-2)46(41-30(4)24-34(25-31(41)5)43(8,9)10)38-20-22-39(23-21-38)47(40-28-36(29-40)45(14,15)18-3)42-32(6)26-35(27-33(42)7)44(11,12)13/h16-17,19-29H,18H2,1-15H3/b19-16+,37-17+. The molecule has 0 heterocycles. The number of hydrogen-bond donors (Lipinski definition) is 0. The Morgan fingerprint density at radius 3 is 1.45 bits per heavy atom. The summed E-state index contributed by atoms with van der Waals surface area (Å²) in [6, 6.07) is 18.7. The molecule has 1 aliphatic rings. The van der Waals surface area contributed by atoms with Gasteiger partial charge in [-0.1, -0.05) is 98.7 Å². The molecule has 0 aliphatic heterocycles. The molecule has 0 fully saturated rings. The third kappa shape index (κ3) is 7.38. The molecular weight excluding hydrogens is 569 g/mol. The van der Waals surface area contributed by atoms with Gasteiger partial charge in [-0.25, -0.2) is 0 Å². The van der Waals surface area contributed by atoms with Crippen LogP contribution in [0.5, 0.6) is 0 Å². The van der Waals surface area contributed by atoms with Crippen LogP contribution in [0.2, 0.25) is 0 Å². The first-order valence-electron chi connectivity index (χ1n) is 17.5. The van der Waals surface area contributed by atoms with E-state index < -0.39 is 0 Å². The van der Waals surface area contributed by atoms with Crippen LogP contribution in [0.3, 0.4) is 0 Å². The van der Waals surface area contributed by atoms with Gasteiger partial charge in [0, 0.05) is 22.8 Å². The zero-order valence-corrected chi connectivity index (χ0v) is 32.1. The normalized spacial score (nSPS) is 14.2. The van der Waals surface area contributed by atoms with E-state index in [0.717, 1.165) is 17.8 Å². The van der Waals surface area contributed by atoms with Crippen molar-refractivity contribution >= 4 is 22.7 Å². The lowest BCUT2D eigenvalue weighted by atomic mass is 9.77. The van der Waals surface area contributed by atoms with Crippen LogP contribution in [0.25, 0.3) is 0 Å². The Morgan fingerprint density at radius 1 is 0.638 bits per heavy atom. The van der Waals surface area contributed by atoms with Crippen LogP contribution in [-0.2, 0) is 10.8 Å². The molecule has 4 rings (SSSR count). The third-order valence-electron chi connectivity index (χ3n) is 9.95. The van der Waals surface area contributed by atoms with Gasteiger partial charge >= 0.3 is 0 Å². The molecule has 1 aliphatic carbocycles. The summed E-state index contributed by atoms with van der Waals surface area (Å²) in [4.78, 5) is 4.89. The molecule has 0 bridgehead atoms. The highest BCUT2D eigenvalue weighted by Crippen LogP contribution is 2.46. The molecule has 2 nitrogen and oxygen atoms in total. The molecule has 0 radical (unpaired) electrons. The Bertz CT molecular complexity index is 1690.